The fourth-order valence-corrected chi connectivity index (χ4v) is 3.05. The number of anilines is 1. The number of amides is 1. The number of hydrogen-bond donors (Lipinski definition) is 2. The van der Waals surface area contributed by atoms with Gasteiger partial charge >= 0.3 is 0 Å². The van der Waals surface area contributed by atoms with Gasteiger partial charge in [0.25, 0.3) is 0 Å². The molecule has 1 fully saturated rings. The summed E-state index contributed by atoms with van der Waals surface area (Å²) >= 11 is 5.10. The lowest BCUT2D eigenvalue weighted by atomic mass is 9.79. The molecule has 21 heavy (non-hydrogen) atoms. The topological polar surface area (TPSA) is 55.1 Å². The predicted octanol–water partition coefficient (Wildman–Crippen LogP) is 3.53. The molecule has 0 heterocycles. The molecule has 3 N–H and O–H groups in total. The second-order valence-electron chi connectivity index (χ2n) is 5.44. The largest absolute Gasteiger partial charge is 0.392 e. The Balaban J connectivity index is 2.24. The molecule has 0 aromatic heterocycles. The Labute approximate surface area is 127 Å². The van der Waals surface area contributed by atoms with Gasteiger partial charge in [-0.1, -0.05) is 37.9 Å². The number of carbonyl (C=O) groups excluding carboxylic acids is 1. The molecule has 1 amide bonds. The zero-order valence-corrected chi connectivity index (χ0v) is 12.4. The summed E-state index contributed by atoms with van der Waals surface area (Å²) in [5.74, 6) is -1.90. The summed E-state index contributed by atoms with van der Waals surface area (Å²) in [6, 6.07) is 3.03. The Morgan fingerprint density at radius 1 is 1.19 bits per heavy atom. The summed E-state index contributed by atoms with van der Waals surface area (Å²) in [5.41, 5.74) is 4.81. The van der Waals surface area contributed by atoms with Crippen LogP contribution in [0, 0.1) is 17.0 Å². The van der Waals surface area contributed by atoms with Gasteiger partial charge in [0.15, 0.2) is 0 Å². The molecule has 0 saturated heterocycles. The molecule has 0 unspecified atom stereocenters. The first-order valence-electron chi connectivity index (χ1n) is 7.02. The van der Waals surface area contributed by atoms with Crippen LogP contribution in [-0.2, 0) is 4.79 Å². The molecule has 3 nitrogen and oxygen atoms in total. The Hall–Kier alpha value is -1.56. The number of thiocarbonyl (C=S) groups is 1. The van der Waals surface area contributed by atoms with Crippen molar-refractivity contribution in [3.8, 4) is 0 Å². The quantitative estimate of drug-likeness (QED) is 0.663. The first-order chi connectivity index (χ1) is 9.95. The van der Waals surface area contributed by atoms with Gasteiger partial charge in [0.05, 0.1) is 16.1 Å². The third-order valence-corrected chi connectivity index (χ3v) is 4.43. The molecule has 1 aliphatic rings. The van der Waals surface area contributed by atoms with E-state index in [9.17, 15) is 13.6 Å². The van der Waals surface area contributed by atoms with E-state index in [4.69, 9.17) is 18.0 Å². The van der Waals surface area contributed by atoms with Crippen molar-refractivity contribution in [3.63, 3.8) is 0 Å². The summed E-state index contributed by atoms with van der Waals surface area (Å²) in [6.07, 6.45) is 4.91. The zero-order chi connectivity index (χ0) is 15.5. The minimum atomic E-state index is -0.938. The maximum atomic E-state index is 13.7. The average molecular weight is 312 g/mol. The molecule has 1 aliphatic carbocycles. The summed E-state index contributed by atoms with van der Waals surface area (Å²) in [7, 11) is 0. The average Bonchev–Trinajstić information content (AvgIpc) is 2.68. The van der Waals surface area contributed by atoms with E-state index in [1.807, 2.05) is 0 Å². The van der Waals surface area contributed by atoms with Gasteiger partial charge in [-0.25, -0.2) is 8.78 Å². The summed E-state index contributed by atoms with van der Waals surface area (Å²) in [4.78, 5) is 12.7. The zero-order valence-electron chi connectivity index (χ0n) is 11.6. The number of nitrogens with two attached hydrogens (primary N) is 1. The number of benzene rings is 1. The fraction of sp³-hybridized carbons (Fsp3) is 0.467. The Morgan fingerprint density at radius 3 is 2.33 bits per heavy atom. The molecule has 1 aromatic rings. The van der Waals surface area contributed by atoms with E-state index in [1.165, 1.54) is 6.07 Å². The maximum absolute atomic E-state index is 13.7. The molecule has 0 spiro atoms. The van der Waals surface area contributed by atoms with Crippen LogP contribution in [0.4, 0.5) is 14.5 Å². The van der Waals surface area contributed by atoms with Gasteiger partial charge in [-0.2, -0.15) is 0 Å². The van der Waals surface area contributed by atoms with E-state index in [0.717, 1.165) is 37.8 Å². The molecule has 1 saturated carbocycles. The monoisotopic (exact) mass is 312 g/mol. The van der Waals surface area contributed by atoms with Crippen molar-refractivity contribution in [2.75, 3.05) is 5.32 Å². The van der Waals surface area contributed by atoms with Gasteiger partial charge in [-0.05, 0) is 25.0 Å². The molecule has 2 rings (SSSR count). The van der Waals surface area contributed by atoms with Gasteiger partial charge in [0.1, 0.15) is 11.6 Å². The third kappa shape index (κ3) is 3.37. The molecule has 114 valence electrons. The molecular formula is C15H18F2N2OS. The smallest absolute Gasteiger partial charge is 0.237 e. The van der Waals surface area contributed by atoms with Gasteiger partial charge in [-0.15, -0.1) is 0 Å². The lowest BCUT2D eigenvalue weighted by Gasteiger charge is -2.30. The second-order valence-corrected chi connectivity index (χ2v) is 5.88. The van der Waals surface area contributed by atoms with Crippen LogP contribution in [0.5, 0.6) is 0 Å². The normalized spacial score (nSPS) is 17.8. The number of carbonyl (C=O) groups is 1. The second kappa shape index (κ2) is 6.47. The first kappa shape index (κ1) is 15.8. The van der Waals surface area contributed by atoms with Gasteiger partial charge in [0.2, 0.25) is 5.91 Å². The van der Waals surface area contributed by atoms with Crippen molar-refractivity contribution < 1.29 is 13.6 Å². The van der Waals surface area contributed by atoms with Crippen LogP contribution in [0.2, 0.25) is 0 Å². The third-order valence-electron chi connectivity index (χ3n) is 4.04. The highest BCUT2D eigenvalue weighted by molar-refractivity contribution is 7.80. The van der Waals surface area contributed by atoms with Crippen molar-refractivity contribution in [2.24, 2.45) is 11.1 Å². The van der Waals surface area contributed by atoms with Crippen LogP contribution < -0.4 is 11.1 Å². The fourth-order valence-electron chi connectivity index (χ4n) is 2.75. The summed E-state index contributed by atoms with van der Waals surface area (Å²) in [6.45, 7) is 0. The van der Waals surface area contributed by atoms with Crippen molar-refractivity contribution in [3.05, 3.63) is 29.8 Å². The minimum absolute atomic E-state index is 0.0544. The Kier molecular flexibility index (Phi) is 4.88. The van der Waals surface area contributed by atoms with Crippen LogP contribution in [0.1, 0.15) is 38.5 Å². The minimum Gasteiger partial charge on any atom is -0.392 e. The van der Waals surface area contributed by atoms with Crippen LogP contribution in [0.3, 0.4) is 0 Å². The van der Waals surface area contributed by atoms with Crippen LogP contribution in [0.25, 0.3) is 0 Å². The highest BCUT2D eigenvalue weighted by Crippen LogP contribution is 2.37. The van der Waals surface area contributed by atoms with Crippen LogP contribution in [0.15, 0.2) is 18.2 Å². The van der Waals surface area contributed by atoms with Crippen molar-refractivity contribution >= 4 is 28.8 Å². The van der Waals surface area contributed by atoms with Gasteiger partial charge < -0.3 is 11.1 Å². The lowest BCUT2D eigenvalue weighted by molar-refractivity contribution is -0.122. The predicted molar refractivity (Wildman–Crippen MR) is 81.9 cm³/mol. The Bertz CT molecular complexity index is 555. The van der Waals surface area contributed by atoms with Crippen LogP contribution in [-0.4, -0.2) is 10.9 Å². The maximum Gasteiger partial charge on any atom is 0.237 e. The van der Waals surface area contributed by atoms with E-state index in [2.05, 4.69) is 5.32 Å². The van der Waals surface area contributed by atoms with Gasteiger partial charge in [-0.3, -0.25) is 4.79 Å². The number of halogens is 2. The number of hydrogen-bond acceptors (Lipinski definition) is 2. The molecular weight excluding hydrogens is 294 g/mol. The number of nitrogens with one attached hydrogen (secondary N) is 1. The molecule has 1 aromatic carbocycles. The molecule has 0 bridgehead atoms. The van der Waals surface area contributed by atoms with E-state index in [1.54, 1.807) is 0 Å². The summed E-state index contributed by atoms with van der Waals surface area (Å²) in [5, 5.41) is 2.51. The van der Waals surface area contributed by atoms with E-state index >= 15 is 0 Å². The van der Waals surface area contributed by atoms with E-state index in [-0.39, 0.29) is 10.7 Å². The molecule has 0 radical (unpaired) electrons. The van der Waals surface area contributed by atoms with Gasteiger partial charge in [0, 0.05) is 6.07 Å². The summed E-state index contributed by atoms with van der Waals surface area (Å²) < 4.78 is 26.6. The Morgan fingerprint density at radius 2 is 1.81 bits per heavy atom. The van der Waals surface area contributed by atoms with Crippen LogP contribution >= 0.6 is 12.2 Å². The molecule has 0 atom stereocenters. The lowest BCUT2D eigenvalue weighted by Crippen LogP contribution is -2.45. The van der Waals surface area contributed by atoms with E-state index < -0.39 is 23.0 Å². The standard InChI is InChI=1S/C15H18F2N2OS/c16-10-5-6-12(11(17)9-10)19-14(20)15(13(18)21)7-3-1-2-4-8-15/h5-6,9H,1-4,7-8H2,(H2,18,21)(H,19,20). The van der Waals surface area contributed by atoms with Crippen molar-refractivity contribution in [2.45, 2.75) is 38.5 Å². The highest BCUT2D eigenvalue weighted by atomic mass is 32.1. The van der Waals surface area contributed by atoms with Crippen molar-refractivity contribution in [1.29, 1.82) is 0 Å². The van der Waals surface area contributed by atoms with Crippen molar-refractivity contribution in [1.82, 2.24) is 0 Å². The highest BCUT2D eigenvalue weighted by Gasteiger charge is 2.41. The number of rotatable bonds is 3. The van der Waals surface area contributed by atoms with E-state index in [0.29, 0.717) is 12.8 Å². The SMILES string of the molecule is NC(=S)C1(C(=O)Nc2ccc(F)cc2F)CCCCCC1. The first-order valence-corrected chi connectivity index (χ1v) is 7.43. The molecule has 0 aliphatic heterocycles. The molecule has 6 heteroatoms.